The topological polar surface area (TPSA) is 86.3 Å². The van der Waals surface area contributed by atoms with Crippen molar-refractivity contribution in [3.8, 4) is 0 Å². The van der Waals surface area contributed by atoms with E-state index in [2.05, 4.69) is 36.5 Å². The summed E-state index contributed by atoms with van der Waals surface area (Å²) < 4.78 is 5.90. The van der Waals surface area contributed by atoms with Gasteiger partial charge in [0.2, 0.25) is 0 Å². The van der Waals surface area contributed by atoms with Gasteiger partial charge in [0, 0.05) is 56.4 Å². The molecule has 0 spiro atoms. The summed E-state index contributed by atoms with van der Waals surface area (Å²) in [7, 11) is 1.72. The summed E-state index contributed by atoms with van der Waals surface area (Å²) in [6.07, 6.45) is -0.268. The Morgan fingerprint density at radius 3 is 2.44 bits per heavy atom. The number of nitrogens with zero attached hydrogens (tertiary/aromatic N) is 3. The minimum absolute atomic E-state index is 0.115. The number of rotatable bonds is 5. The molecule has 0 aliphatic carbocycles. The van der Waals surface area contributed by atoms with E-state index in [1.54, 1.807) is 31.0 Å². The van der Waals surface area contributed by atoms with Crippen molar-refractivity contribution in [2.75, 3.05) is 52.9 Å². The van der Waals surface area contributed by atoms with Gasteiger partial charge in [-0.25, -0.2) is 4.79 Å². The number of carbonyl (C=O) groups excluding carboxylic acids is 2. The standard InChI is InChI=1S/C18H26BrN5O3/c1-3-27-18(26)24-11-9-23(10-12-24)17(20-2)22-8-7-21-16(25)14-5-4-6-15(19)13-14/h4-6,13H,3,7-12H2,1-2H3,(H,20,22)(H,21,25). The first-order valence-corrected chi connectivity index (χ1v) is 9.75. The maximum atomic E-state index is 12.1. The van der Waals surface area contributed by atoms with E-state index >= 15 is 0 Å². The van der Waals surface area contributed by atoms with Gasteiger partial charge in [-0.05, 0) is 25.1 Å². The van der Waals surface area contributed by atoms with Gasteiger partial charge in [0.1, 0.15) is 0 Å². The van der Waals surface area contributed by atoms with Gasteiger partial charge in [0.25, 0.3) is 5.91 Å². The number of ether oxygens (including phenoxy) is 1. The predicted molar refractivity (Wildman–Crippen MR) is 108 cm³/mol. The summed E-state index contributed by atoms with van der Waals surface area (Å²) in [4.78, 5) is 31.9. The van der Waals surface area contributed by atoms with Crippen LogP contribution in [-0.4, -0.2) is 80.7 Å². The molecule has 0 unspecified atom stereocenters. The number of amides is 2. The van der Waals surface area contributed by atoms with Crippen LogP contribution in [0.1, 0.15) is 17.3 Å². The second-order valence-corrected chi connectivity index (χ2v) is 6.83. The zero-order valence-electron chi connectivity index (χ0n) is 15.7. The molecule has 1 aliphatic heterocycles. The lowest BCUT2D eigenvalue weighted by molar-refractivity contribution is 0.0914. The molecule has 1 fully saturated rings. The van der Waals surface area contributed by atoms with E-state index in [9.17, 15) is 9.59 Å². The Hall–Kier alpha value is -2.29. The van der Waals surface area contributed by atoms with E-state index in [0.717, 1.165) is 10.4 Å². The smallest absolute Gasteiger partial charge is 0.409 e. The molecule has 0 bridgehead atoms. The second kappa shape index (κ2) is 10.8. The van der Waals surface area contributed by atoms with Gasteiger partial charge in [-0.2, -0.15) is 0 Å². The first kappa shape index (κ1) is 21.0. The van der Waals surface area contributed by atoms with Crippen LogP contribution < -0.4 is 10.6 Å². The number of hydrogen-bond acceptors (Lipinski definition) is 4. The number of carbonyl (C=O) groups is 2. The maximum Gasteiger partial charge on any atom is 0.409 e. The Kier molecular flexibility index (Phi) is 8.38. The van der Waals surface area contributed by atoms with E-state index in [4.69, 9.17) is 4.74 Å². The molecule has 27 heavy (non-hydrogen) atoms. The molecule has 2 amide bonds. The predicted octanol–water partition coefficient (Wildman–Crippen LogP) is 1.53. The Bertz CT molecular complexity index is 675. The zero-order valence-corrected chi connectivity index (χ0v) is 17.3. The van der Waals surface area contributed by atoms with Crippen molar-refractivity contribution in [1.82, 2.24) is 20.4 Å². The number of aliphatic imine (C=N–C) groups is 1. The fourth-order valence-corrected chi connectivity index (χ4v) is 3.13. The summed E-state index contributed by atoms with van der Waals surface area (Å²) >= 11 is 3.36. The largest absolute Gasteiger partial charge is 0.450 e. The van der Waals surface area contributed by atoms with Crippen LogP contribution in [0, 0.1) is 0 Å². The lowest BCUT2D eigenvalue weighted by Gasteiger charge is -2.35. The fourth-order valence-electron chi connectivity index (χ4n) is 2.73. The van der Waals surface area contributed by atoms with Gasteiger partial charge in [0.15, 0.2) is 5.96 Å². The van der Waals surface area contributed by atoms with Crippen LogP contribution in [0.15, 0.2) is 33.7 Å². The molecular formula is C18H26BrN5O3. The van der Waals surface area contributed by atoms with Crippen molar-refractivity contribution < 1.29 is 14.3 Å². The number of nitrogens with one attached hydrogen (secondary N) is 2. The molecule has 0 aromatic heterocycles. The van der Waals surface area contributed by atoms with Crippen molar-refractivity contribution in [2.24, 2.45) is 4.99 Å². The molecule has 0 radical (unpaired) electrons. The molecule has 1 heterocycles. The number of hydrogen-bond donors (Lipinski definition) is 2. The number of benzene rings is 1. The van der Waals surface area contributed by atoms with E-state index in [-0.39, 0.29) is 12.0 Å². The quantitative estimate of drug-likeness (QED) is 0.412. The average molecular weight is 440 g/mol. The first-order valence-electron chi connectivity index (χ1n) is 8.96. The number of guanidine groups is 1. The highest BCUT2D eigenvalue weighted by Crippen LogP contribution is 2.11. The van der Waals surface area contributed by atoms with Gasteiger partial charge >= 0.3 is 6.09 Å². The maximum absolute atomic E-state index is 12.1. The normalized spacial score (nSPS) is 14.7. The lowest BCUT2D eigenvalue weighted by Crippen LogP contribution is -2.54. The second-order valence-electron chi connectivity index (χ2n) is 5.91. The summed E-state index contributed by atoms with van der Waals surface area (Å²) in [5.74, 6) is 0.645. The molecule has 2 rings (SSSR count). The Morgan fingerprint density at radius 2 is 1.81 bits per heavy atom. The van der Waals surface area contributed by atoms with Crippen LogP contribution in [0.2, 0.25) is 0 Å². The third-order valence-corrected chi connectivity index (χ3v) is 4.59. The summed E-state index contributed by atoms with van der Waals surface area (Å²) in [5, 5.41) is 6.12. The van der Waals surface area contributed by atoms with Gasteiger partial charge in [-0.15, -0.1) is 0 Å². The van der Waals surface area contributed by atoms with Gasteiger partial charge in [-0.1, -0.05) is 22.0 Å². The molecule has 0 saturated carbocycles. The Balaban J connectivity index is 1.72. The summed E-state index contributed by atoms with van der Waals surface area (Å²) in [6.45, 7) is 5.78. The molecule has 1 aromatic rings. The van der Waals surface area contributed by atoms with Gasteiger partial charge in [-0.3, -0.25) is 9.79 Å². The molecular weight excluding hydrogens is 414 g/mol. The molecule has 8 nitrogen and oxygen atoms in total. The average Bonchev–Trinajstić information content (AvgIpc) is 2.68. The zero-order chi connectivity index (χ0) is 19.6. The van der Waals surface area contributed by atoms with Gasteiger partial charge in [0.05, 0.1) is 6.61 Å². The van der Waals surface area contributed by atoms with Crippen molar-refractivity contribution in [2.45, 2.75) is 6.92 Å². The lowest BCUT2D eigenvalue weighted by atomic mass is 10.2. The van der Waals surface area contributed by atoms with Crippen LogP contribution in [0.4, 0.5) is 4.79 Å². The Morgan fingerprint density at radius 1 is 1.15 bits per heavy atom. The highest BCUT2D eigenvalue weighted by molar-refractivity contribution is 9.10. The van der Waals surface area contributed by atoms with Crippen LogP contribution in [0.5, 0.6) is 0 Å². The van der Waals surface area contributed by atoms with E-state index in [1.165, 1.54) is 0 Å². The third kappa shape index (κ3) is 6.42. The molecule has 1 aromatic carbocycles. The molecule has 0 atom stereocenters. The molecule has 2 N–H and O–H groups in total. The number of halogens is 1. The molecule has 148 valence electrons. The van der Waals surface area contributed by atoms with Gasteiger partial charge < -0.3 is 25.2 Å². The van der Waals surface area contributed by atoms with Crippen LogP contribution in [0.25, 0.3) is 0 Å². The highest BCUT2D eigenvalue weighted by atomic mass is 79.9. The monoisotopic (exact) mass is 439 g/mol. The van der Waals surface area contributed by atoms with Crippen LogP contribution >= 0.6 is 15.9 Å². The van der Waals surface area contributed by atoms with Crippen molar-refractivity contribution in [3.05, 3.63) is 34.3 Å². The van der Waals surface area contributed by atoms with Crippen LogP contribution in [0.3, 0.4) is 0 Å². The molecule has 1 saturated heterocycles. The van der Waals surface area contributed by atoms with E-state index < -0.39 is 0 Å². The van der Waals surface area contributed by atoms with Crippen molar-refractivity contribution in [1.29, 1.82) is 0 Å². The summed E-state index contributed by atoms with van der Waals surface area (Å²) in [5.41, 5.74) is 0.615. The SMILES string of the molecule is CCOC(=O)N1CCN(C(=NC)NCCNC(=O)c2cccc(Br)c2)CC1. The fraction of sp³-hybridized carbons (Fsp3) is 0.500. The first-order chi connectivity index (χ1) is 13.0. The van der Waals surface area contributed by atoms with Crippen molar-refractivity contribution in [3.63, 3.8) is 0 Å². The van der Waals surface area contributed by atoms with Crippen molar-refractivity contribution >= 4 is 33.9 Å². The molecule has 1 aliphatic rings. The minimum atomic E-state index is -0.268. The summed E-state index contributed by atoms with van der Waals surface area (Å²) in [6, 6.07) is 7.26. The third-order valence-electron chi connectivity index (χ3n) is 4.10. The van der Waals surface area contributed by atoms with Crippen LogP contribution in [-0.2, 0) is 4.74 Å². The highest BCUT2D eigenvalue weighted by Gasteiger charge is 2.23. The Labute approximate surface area is 168 Å². The van der Waals surface area contributed by atoms with E-state index in [1.807, 2.05) is 12.1 Å². The van der Waals surface area contributed by atoms with E-state index in [0.29, 0.717) is 51.4 Å². The molecule has 9 heteroatoms. The minimum Gasteiger partial charge on any atom is -0.450 e. The number of piperazine rings is 1.